The highest BCUT2D eigenvalue weighted by Crippen LogP contribution is 2.34. The van der Waals surface area contributed by atoms with Gasteiger partial charge >= 0.3 is 0 Å². The number of fused-ring (bicyclic) bond motifs is 2. The molecular formula is C22H24N6O3. The van der Waals surface area contributed by atoms with E-state index < -0.39 is 0 Å². The van der Waals surface area contributed by atoms with Crippen molar-refractivity contribution in [3.05, 3.63) is 64.9 Å². The fourth-order valence-electron chi connectivity index (χ4n) is 3.93. The van der Waals surface area contributed by atoms with Crippen LogP contribution in [0.15, 0.2) is 36.4 Å². The minimum Gasteiger partial charge on any atom is -0.484 e. The molecule has 0 saturated heterocycles. The van der Waals surface area contributed by atoms with Gasteiger partial charge in [-0.2, -0.15) is 0 Å². The van der Waals surface area contributed by atoms with Gasteiger partial charge in [0.1, 0.15) is 12.4 Å². The molecule has 5 rings (SSSR count). The minimum absolute atomic E-state index is 0.174. The Bertz CT molecular complexity index is 1110. The number of aromatic nitrogens is 4. The molecule has 0 fully saturated rings. The number of carbonyl (C=O) groups is 1. The number of aryl methyl sites for hydroxylation is 1. The Morgan fingerprint density at radius 3 is 2.81 bits per heavy atom. The first-order valence-corrected chi connectivity index (χ1v) is 10.3. The van der Waals surface area contributed by atoms with Crippen molar-refractivity contribution in [2.45, 2.75) is 32.7 Å². The van der Waals surface area contributed by atoms with Crippen molar-refractivity contribution in [1.82, 2.24) is 30.0 Å². The summed E-state index contributed by atoms with van der Waals surface area (Å²) < 4.78 is 13.8. The summed E-state index contributed by atoms with van der Waals surface area (Å²) >= 11 is 0. The van der Waals surface area contributed by atoms with Gasteiger partial charge in [0.2, 0.25) is 5.82 Å². The van der Waals surface area contributed by atoms with Crippen LogP contribution in [0, 0.1) is 6.92 Å². The van der Waals surface area contributed by atoms with E-state index in [1.807, 2.05) is 23.6 Å². The van der Waals surface area contributed by atoms with E-state index in [9.17, 15) is 4.79 Å². The van der Waals surface area contributed by atoms with Crippen LogP contribution in [0.25, 0.3) is 0 Å². The Balaban J connectivity index is 1.23. The molecule has 0 radical (unpaired) electrons. The Kier molecular flexibility index (Phi) is 5.03. The second-order valence-corrected chi connectivity index (χ2v) is 7.80. The minimum atomic E-state index is -0.204. The monoisotopic (exact) mass is 420 g/mol. The maximum absolute atomic E-state index is 11.9. The van der Waals surface area contributed by atoms with Gasteiger partial charge in [0, 0.05) is 32.4 Å². The van der Waals surface area contributed by atoms with Crippen LogP contribution in [0.5, 0.6) is 11.6 Å². The van der Waals surface area contributed by atoms with Gasteiger partial charge in [-0.3, -0.25) is 9.69 Å². The van der Waals surface area contributed by atoms with Crippen LogP contribution in [0.4, 0.5) is 0 Å². The Labute approximate surface area is 180 Å². The van der Waals surface area contributed by atoms with Crippen molar-refractivity contribution in [3.8, 4) is 11.6 Å². The fourth-order valence-corrected chi connectivity index (χ4v) is 3.93. The van der Waals surface area contributed by atoms with Gasteiger partial charge in [-0.05, 0) is 30.2 Å². The van der Waals surface area contributed by atoms with E-state index in [-0.39, 0.29) is 12.0 Å². The number of nitrogens with zero attached hydrogens (tertiary/aromatic N) is 5. The summed E-state index contributed by atoms with van der Waals surface area (Å²) in [5.74, 6) is 2.23. The van der Waals surface area contributed by atoms with Crippen LogP contribution in [0.1, 0.15) is 39.4 Å². The third-order valence-corrected chi connectivity index (χ3v) is 5.63. The zero-order valence-corrected chi connectivity index (χ0v) is 17.5. The number of hydrogen-bond acceptors (Lipinski definition) is 7. The van der Waals surface area contributed by atoms with Crippen LogP contribution in [-0.2, 0) is 19.6 Å². The number of hydrogen-bond donors (Lipinski definition) is 1. The van der Waals surface area contributed by atoms with Gasteiger partial charge in [-0.25, -0.2) is 4.98 Å². The average Bonchev–Trinajstić information content (AvgIpc) is 3.22. The molecular weight excluding hydrogens is 396 g/mol. The zero-order chi connectivity index (χ0) is 21.4. The summed E-state index contributed by atoms with van der Waals surface area (Å²) in [4.78, 5) is 18.6. The van der Waals surface area contributed by atoms with Crippen molar-refractivity contribution in [1.29, 1.82) is 0 Å². The van der Waals surface area contributed by atoms with E-state index in [1.165, 1.54) is 5.56 Å². The van der Waals surface area contributed by atoms with Gasteiger partial charge in [0.05, 0.1) is 6.54 Å². The maximum atomic E-state index is 11.9. The quantitative estimate of drug-likeness (QED) is 0.689. The molecule has 1 unspecified atom stereocenters. The number of rotatable bonds is 4. The van der Waals surface area contributed by atoms with Gasteiger partial charge in [0.15, 0.2) is 11.9 Å². The Hall–Kier alpha value is -3.46. The number of pyridine rings is 1. The summed E-state index contributed by atoms with van der Waals surface area (Å²) in [6, 6.07) is 12.2. The van der Waals surface area contributed by atoms with E-state index in [0.29, 0.717) is 37.2 Å². The Morgan fingerprint density at radius 1 is 1.16 bits per heavy atom. The number of ether oxygens (including phenoxy) is 2. The molecule has 3 aromatic rings. The number of carbonyl (C=O) groups excluding carboxylic acids is 1. The van der Waals surface area contributed by atoms with Crippen molar-refractivity contribution in [2.75, 3.05) is 20.2 Å². The fraction of sp³-hybridized carbons (Fsp3) is 0.364. The second kappa shape index (κ2) is 7.99. The number of benzene rings is 1. The van der Waals surface area contributed by atoms with E-state index in [1.54, 1.807) is 7.05 Å². The molecule has 0 saturated carbocycles. The number of nitrogens with one attached hydrogen (secondary N) is 1. The smallest absolute Gasteiger partial charge is 0.288 e. The van der Waals surface area contributed by atoms with Crippen molar-refractivity contribution in [3.63, 3.8) is 0 Å². The lowest BCUT2D eigenvalue weighted by Crippen LogP contribution is -2.35. The van der Waals surface area contributed by atoms with Crippen molar-refractivity contribution in [2.24, 2.45) is 0 Å². The molecule has 160 valence electrons. The van der Waals surface area contributed by atoms with Gasteiger partial charge in [-0.1, -0.05) is 24.3 Å². The molecule has 0 spiro atoms. The van der Waals surface area contributed by atoms with Gasteiger partial charge in [0.25, 0.3) is 11.8 Å². The van der Waals surface area contributed by atoms with Gasteiger partial charge in [-0.15, -0.1) is 10.2 Å². The predicted octanol–water partition coefficient (Wildman–Crippen LogP) is 1.87. The van der Waals surface area contributed by atoms with E-state index in [4.69, 9.17) is 9.47 Å². The number of amides is 1. The summed E-state index contributed by atoms with van der Waals surface area (Å²) in [6.45, 7) is 5.39. The van der Waals surface area contributed by atoms with Gasteiger partial charge < -0.3 is 19.4 Å². The highest BCUT2D eigenvalue weighted by atomic mass is 16.6. The molecule has 1 N–H and O–H groups in total. The second-order valence-electron chi connectivity index (χ2n) is 7.80. The molecule has 1 amide bonds. The molecule has 31 heavy (non-hydrogen) atoms. The SMILES string of the molecule is CNC(=O)c1nnc2n1CCN(Cc1ccc(C3COc4ccc(C)nc4O3)cc1)C2. The first-order chi connectivity index (χ1) is 15.1. The molecule has 0 aliphatic carbocycles. The van der Waals surface area contributed by atoms with Crippen molar-refractivity contribution >= 4 is 5.91 Å². The third-order valence-electron chi connectivity index (χ3n) is 5.63. The third kappa shape index (κ3) is 3.84. The lowest BCUT2D eigenvalue weighted by atomic mass is 10.1. The van der Waals surface area contributed by atoms with E-state index >= 15 is 0 Å². The highest BCUT2D eigenvalue weighted by molar-refractivity contribution is 5.90. The van der Waals surface area contributed by atoms with Crippen LogP contribution in [-0.4, -0.2) is 50.8 Å². The molecule has 4 heterocycles. The van der Waals surface area contributed by atoms with Crippen LogP contribution in [0.3, 0.4) is 0 Å². The molecule has 2 aliphatic heterocycles. The highest BCUT2D eigenvalue weighted by Gasteiger charge is 2.25. The summed E-state index contributed by atoms with van der Waals surface area (Å²) in [5.41, 5.74) is 3.17. The summed E-state index contributed by atoms with van der Waals surface area (Å²) in [5, 5.41) is 10.8. The lowest BCUT2D eigenvalue weighted by molar-refractivity contribution is 0.0848. The van der Waals surface area contributed by atoms with Crippen LogP contribution in [0.2, 0.25) is 0 Å². The largest absolute Gasteiger partial charge is 0.484 e. The topological polar surface area (TPSA) is 94.4 Å². The summed E-state index contributed by atoms with van der Waals surface area (Å²) in [6.07, 6.45) is -0.174. The average molecular weight is 420 g/mol. The lowest BCUT2D eigenvalue weighted by Gasteiger charge is -2.28. The molecule has 9 nitrogen and oxygen atoms in total. The maximum Gasteiger partial charge on any atom is 0.288 e. The molecule has 1 aromatic carbocycles. The standard InChI is InChI=1S/C22H24N6O3/c1-14-3-8-17-22(24-14)31-18(13-30-17)16-6-4-15(5-7-16)11-27-9-10-28-19(12-27)25-26-20(28)21(29)23-2/h3-8,18H,9-13H2,1-2H3,(H,23,29). The van der Waals surface area contributed by atoms with E-state index in [0.717, 1.165) is 30.2 Å². The Morgan fingerprint density at radius 2 is 2.00 bits per heavy atom. The summed E-state index contributed by atoms with van der Waals surface area (Å²) in [7, 11) is 1.60. The molecule has 0 bridgehead atoms. The predicted molar refractivity (Wildman–Crippen MR) is 112 cm³/mol. The first-order valence-electron chi connectivity index (χ1n) is 10.3. The van der Waals surface area contributed by atoms with Crippen molar-refractivity contribution < 1.29 is 14.3 Å². The normalized spacial score (nSPS) is 17.8. The van der Waals surface area contributed by atoms with E-state index in [2.05, 4.69) is 49.7 Å². The molecule has 2 aromatic heterocycles. The first kappa shape index (κ1) is 19.5. The molecule has 1 atom stereocenters. The molecule has 2 aliphatic rings. The molecule has 9 heteroatoms. The van der Waals surface area contributed by atoms with Crippen LogP contribution < -0.4 is 14.8 Å². The van der Waals surface area contributed by atoms with Crippen LogP contribution >= 0.6 is 0 Å². The zero-order valence-electron chi connectivity index (χ0n) is 17.5.